The number of unbranched alkanes of at least 4 members (excludes halogenated alkanes) is 6. The van der Waals surface area contributed by atoms with Crippen molar-refractivity contribution in [1.82, 2.24) is 4.72 Å². The van der Waals surface area contributed by atoms with Crippen LogP contribution in [0.25, 0.3) is 0 Å². The van der Waals surface area contributed by atoms with Gasteiger partial charge in [-0.2, -0.15) is 0 Å². The molecule has 0 aliphatic carbocycles. The van der Waals surface area contributed by atoms with E-state index in [0.717, 1.165) is 19.3 Å². The van der Waals surface area contributed by atoms with E-state index in [-0.39, 0.29) is 11.3 Å². The van der Waals surface area contributed by atoms with Crippen molar-refractivity contribution in [2.75, 3.05) is 11.5 Å². The van der Waals surface area contributed by atoms with Crippen molar-refractivity contribution in [3.8, 4) is 0 Å². The lowest BCUT2D eigenvalue weighted by atomic mass is 10.1. The second-order valence-electron chi connectivity index (χ2n) is 5.80. The third kappa shape index (κ3) is 12.1. The van der Waals surface area contributed by atoms with Crippen LogP contribution < -0.4 is 16.2 Å². The first kappa shape index (κ1) is 23.7. The number of carboxylic acids is 1. The van der Waals surface area contributed by atoms with Crippen LogP contribution in [0.1, 0.15) is 62.2 Å². The van der Waals surface area contributed by atoms with Crippen LogP contribution in [0.4, 0.5) is 10.5 Å². The highest BCUT2D eigenvalue weighted by Gasteiger charge is 2.11. The number of rotatable bonds is 10. The number of carbonyl (C=O) groups excluding carboxylic acids is 1. The van der Waals surface area contributed by atoms with Crippen LogP contribution in [0.5, 0.6) is 0 Å². The zero-order valence-corrected chi connectivity index (χ0v) is 15.9. The van der Waals surface area contributed by atoms with Crippen molar-refractivity contribution < 1.29 is 23.1 Å². The highest BCUT2D eigenvalue weighted by Crippen LogP contribution is 2.09. The van der Waals surface area contributed by atoms with Crippen molar-refractivity contribution >= 4 is 27.7 Å². The SMILES string of the molecule is CCCCCCCCCS(=O)(=O)NC(N)=O.Nc1ccccc1C(=O)O. The van der Waals surface area contributed by atoms with Crippen LogP contribution in [-0.2, 0) is 10.0 Å². The fraction of sp³-hybridized carbons (Fsp3) is 0.529. The molecule has 0 heterocycles. The number of hydrogen-bond acceptors (Lipinski definition) is 5. The van der Waals surface area contributed by atoms with Gasteiger partial charge in [0, 0.05) is 5.69 Å². The standard InChI is InChI=1S/C10H22N2O3S.C7H7NO2/c1-2-3-4-5-6-7-8-9-16(14,15)12-10(11)13;8-6-4-2-1-3-5(6)7(9)10/h2-9H2,1H3,(H3,11,12,13);1-4H,8H2,(H,9,10). The Morgan fingerprint density at radius 3 is 2.04 bits per heavy atom. The number of primary amides is 1. The van der Waals surface area contributed by atoms with Gasteiger partial charge in [0.05, 0.1) is 11.3 Å². The monoisotopic (exact) mass is 387 g/mol. The summed E-state index contributed by atoms with van der Waals surface area (Å²) in [6, 6.07) is 5.35. The second-order valence-corrected chi connectivity index (χ2v) is 7.64. The van der Waals surface area contributed by atoms with Gasteiger partial charge < -0.3 is 16.6 Å². The third-order valence-corrected chi connectivity index (χ3v) is 4.80. The van der Waals surface area contributed by atoms with Crippen molar-refractivity contribution in [2.24, 2.45) is 5.73 Å². The molecular weight excluding hydrogens is 358 g/mol. The fourth-order valence-electron chi connectivity index (χ4n) is 2.15. The average molecular weight is 388 g/mol. The zero-order chi connectivity index (χ0) is 20.0. The summed E-state index contributed by atoms with van der Waals surface area (Å²) in [6.45, 7) is 2.15. The zero-order valence-electron chi connectivity index (χ0n) is 15.1. The van der Waals surface area contributed by atoms with Crippen molar-refractivity contribution in [2.45, 2.75) is 51.9 Å². The molecule has 0 aliphatic rings. The Hall–Kier alpha value is -2.29. The number of anilines is 1. The molecule has 0 saturated carbocycles. The molecule has 0 bridgehead atoms. The molecule has 26 heavy (non-hydrogen) atoms. The predicted molar refractivity (Wildman–Crippen MR) is 102 cm³/mol. The van der Waals surface area contributed by atoms with E-state index in [9.17, 15) is 18.0 Å². The Morgan fingerprint density at radius 2 is 1.58 bits per heavy atom. The van der Waals surface area contributed by atoms with E-state index in [4.69, 9.17) is 16.6 Å². The van der Waals surface area contributed by atoms with Crippen molar-refractivity contribution in [3.63, 3.8) is 0 Å². The molecule has 0 fully saturated rings. The predicted octanol–water partition coefficient (Wildman–Crippen LogP) is 2.70. The lowest BCUT2D eigenvalue weighted by Gasteiger charge is -2.04. The molecular formula is C17H29N3O5S. The highest BCUT2D eigenvalue weighted by molar-refractivity contribution is 7.90. The van der Waals surface area contributed by atoms with Crippen LogP contribution in [0.3, 0.4) is 0 Å². The number of para-hydroxylation sites is 1. The summed E-state index contributed by atoms with van der Waals surface area (Å²) in [7, 11) is -3.50. The number of aromatic carboxylic acids is 1. The first-order valence-corrected chi connectivity index (χ1v) is 10.2. The highest BCUT2D eigenvalue weighted by atomic mass is 32.2. The Morgan fingerprint density at radius 1 is 1.04 bits per heavy atom. The molecule has 1 aromatic carbocycles. The number of nitrogens with one attached hydrogen (secondary N) is 1. The number of urea groups is 1. The van der Waals surface area contributed by atoms with Gasteiger partial charge in [-0.05, 0) is 18.6 Å². The number of benzene rings is 1. The number of carbonyl (C=O) groups is 2. The minimum Gasteiger partial charge on any atom is -0.478 e. The number of carboxylic acid groups (broad SMARTS) is 1. The van der Waals surface area contributed by atoms with Gasteiger partial charge in [-0.15, -0.1) is 0 Å². The van der Waals surface area contributed by atoms with Crippen molar-refractivity contribution in [3.05, 3.63) is 29.8 Å². The Labute approximate surface area is 155 Å². The van der Waals surface area contributed by atoms with Gasteiger partial charge in [0.1, 0.15) is 0 Å². The topological polar surface area (TPSA) is 153 Å². The summed E-state index contributed by atoms with van der Waals surface area (Å²) in [4.78, 5) is 20.7. The first-order valence-electron chi connectivity index (χ1n) is 8.57. The summed E-state index contributed by atoms with van der Waals surface area (Å²) in [5.74, 6) is -1.01. The molecule has 0 saturated heterocycles. The molecule has 8 nitrogen and oxygen atoms in total. The van der Waals surface area contributed by atoms with E-state index < -0.39 is 22.0 Å². The van der Waals surface area contributed by atoms with Crippen LogP contribution in [0.15, 0.2) is 24.3 Å². The van der Waals surface area contributed by atoms with Gasteiger partial charge in [0.2, 0.25) is 10.0 Å². The summed E-state index contributed by atoms with van der Waals surface area (Å²) < 4.78 is 24.1. The molecule has 1 aromatic rings. The summed E-state index contributed by atoms with van der Waals surface area (Å²) in [6.07, 6.45) is 7.31. The Balaban J connectivity index is 0.000000531. The number of amides is 2. The van der Waals surface area contributed by atoms with Gasteiger partial charge in [0.15, 0.2) is 0 Å². The summed E-state index contributed by atoms with van der Waals surface area (Å²) in [5.41, 5.74) is 10.5. The number of nitrogens with two attached hydrogens (primary N) is 2. The molecule has 2 amide bonds. The van der Waals surface area contributed by atoms with Crippen LogP contribution in [-0.4, -0.2) is 31.3 Å². The van der Waals surface area contributed by atoms with E-state index in [2.05, 4.69) is 6.92 Å². The van der Waals surface area contributed by atoms with Crippen molar-refractivity contribution in [1.29, 1.82) is 0 Å². The van der Waals surface area contributed by atoms with Crippen LogP contribution >= 0.6 is 0 Å². The van der Waals surface area contributed by atoms with Gasteiger partial charge in [-0.3, -0.25) is 0 Å². The minimum absolute atomic E-state index is 0.0241. The molecule has 0 unspecified atom stereocenters. The molecule has 0 aromatic heterocycles. The maximum absolute atomic E-state index is 11.2. The van der Waals surface area contributed by atoms with E-state index in [1.165, 1.54) is 25.3 Å². The number of nitrogen functional groups attached to an aromatic ring is 1. The molecule has 6 N–H and O–H groups in total. The first-order chi connectivity index (χ1) is 12.2. The quantitative estimate of drug-likeness (QED) is 0.358. The number of hydrogen-bond donors (Lipinski definition) is 4. The lowest BCUT2D eigenvalue weighted by molar-refractivity contribution is 0.0698. The molecule has 148 valence electrons. The maximum atomic E-state index is 11.2. The third-order valence-electron chi connectivity index (χ3n) is 3.46. The van der Waals surface area contributed by atoms with Crippen LogP contribution in [0.2, 0.25) is 0 Å². The fourth-order valence-corrected chi connectivity index (χ4v) is 3.14. The largest absolute Gasteiger partial charge is 0.478 e. The Bertz CT molecular complexity index is 662. The molecule has 0 radical (unpaired) electrons. The Kier molecular flexibility index (Phi) is 11.8. The van der Waals surface area contributed by atoms with Gasteiger partial charge >= 0.3 is 12.0 Å². The minimum atomic E-state index is -3.50. The molecule has 0 spiro atoms. The summed E-state index contributed by atoms with van der Waals surface area (Å²) in [5, 5.41) is 8.49. The normalized spacial score (nSPS) is 10.5. The lowest BCUT2D eigenvalue weighted by Crippen LogP contribution is -2.36. The summed E-state index contributed by atoms with van der Waals surface area (Å²) >= 11 is 0. The van der Waals surface area contributed by atoms with Crippen LogP contribution in [0, 0.1) is 0 Å². The molecule has 9 heteroatoms. The molecule has 0 atom stereocenters. The van der Waals surface area contributed by atoms with Gasteiger partial charge in [-0.25, -0.2) is 22.7 Å². The number of sulfonamides is 1. The smallest absolute Gasteiger partial charge is 0.337 e. The van der Waals surface area contributed by atoms with E-state index in [1.54, 1.807) is 22.9 Å². The molecule has 0 aliphatic heterocycles. The van der Waals surface area contributed by atoms with Gasteiger partial charge in [0.25, 0.3) is 0 Å². The van der Waals surface area contributed by atoms with E-state index >= 15 is 0 Å². The average Bonchev–Trinajstić information content (AvgIpc) is 2.53. The molecule has 1 rings (SSSR count). The van der Waals surface area contributed by atoms with Gasteiger partial charge in [-0.1, -0.05) is 57.6 Å². The second kappa shape index (κ2) is 13.0. The maximum Gasteiger partial charge on any atom is 0.337 e. The van der Waals surface area contributed by atoms with E-state index in [0.29, 0.717) is 12.1 Å². The van der Waals surface area contributed by atoms with E-state index in [1.807, 2.05) is 0 Å².